The van der Waals surface area contributed by atoms with E-state index in [0.29, 0.717) is 0 Å². The van der Waals surface area contributed by atoms with Gasteiger partial charge < -0.3 is 14.7 Å². The number of piperazine rings is 1. The normalized spacial score (nSPS) is 15.8. The molecule has 4 aromatic rings. The van der Waals surface area contributed by atoms with Gasteiger partial charge >= 0.3 is 5.78 Å². The number of aromatic nitrogens is 3. The topological polar surface area (TPSA) is 62.0 Å². The van der Waals surface area contributed by atoms with E-state index >= 15 is 0 Å². The second kappa shape index (κ2) is 8.70. The Kier molecular flexibility index (Phi) is 5.63. The molecule has 1 aliphatic heterocycles. The summed E-state index contributed by atoms with van der Waals surface area (Å²) in [6, 6.07) is 16.7. The molecule has 3 N–H and O–H groups in total. The highest BCUT2D eigenvalue weighted by Crippen LogP contribution is 2.24. The molecule has 5 rings (SSSR count). The molecular weight excluding hydrogens is 390 g/mol. The van der Waals surface area contributed by atoms with Crippen molar-refractivity contribution in [1.29, 1.82) is 0 Å². The minimum absolute atomic E-state index is 0.277. The van der Waals surface area contributed by atoms with E-state index in [0.717, 1.165) is 62.9 Å². The zero-order valence-electron chi connectivity index (χ0n) is 18.1. The van der Waals surface area contributed by atoms with Crippen LogP contribution in [0.2, 0.25) is 0 Å². The van der Waals surface area contributed by atoms with Crippen molar-refractivity contribution in [2.24, 2.45) is 0 Å². The molecule has 1 saturated heterocycles. The summed E-state index contributed by atoms with van der Waals surface area (Å²) in [5.74, 6) is 1.98. The zero-order chi connectivity index (χ0) is 21.2. The molecule has 7 nitrogen and oxygen atoms in total. The molecular formula is C24H31N5O2+2. The summed E-state index contributed by atoms with van der Waals surface area (Å²) in [4.78, 5) is 7.67. The van der Waals surface area contributed by atoms with Gasteiger partial charge in [-0.25, -0.2) is 9.55 Å². The number of hydrogen-bond acceptors (Lipinski definition) is 3. The summed E-state index contributed by atoms with van der Waals surface area (Å²) < 4.78 is 10.0. The van der Waals surface area contributed by atoms with Crippen molar-refractivity contribution in [3.63, 3.8) is 0 Å². The number of methoxy groups -OCH3 is 1. The van der Waals surface area contributed by atoms with E-state index in [-0.39, 0.29) is 6.61 Å². The Bertz CT molecular complexity index is 1160. The summed E-state index contributed by atoms with van der Waals surface area (Å²) in [6.45, 7) is 7.44. The number of quaternary nitrogens is 1. The van der Waals surface area contributed by atoms with Gasteiger partial charge in [0, 0.05) is 25.2 Å². The molecule has 0 bridgehead atoms. The van der Waals surface area contributed by atoms with E-state index in [1.165, 1.54) is 21.7 Å². The molecule has 2 aromatic carbocycles. The number of hydrogen-bond donors (Lipinski definition) is 3. The second-order valence-electron chi connectivity index (χ2n) is 8.30. The van der Waals surface area contributed by atoms with Gasteiger partial charge in [0.1, 0.15) is 35.2 Å². The lowest BCUT2D eigenvalue weighted by Gasteiger charge is -2.31. The average Bonchev–Trinajstić information content (AvgIpc) is 3.35. The predicted octanol–water partition coefficient (Wildman–Crippen LogP) is 0.577. The van der Waals surface area contributed by atoms with Crippen molar-refractivity contribution in [2.45, 2.75) is 6.54 Å². The summed E-state index contributed by atoms with van der Waals surface area (Å²) in [7, 11) is 1.70. The summed E-state index contributed by atoms with van der Waals surface area (Å²) in [5, 5.41) is 9.19. The molecule has 31 heavy (non-hydrogen) atoms. The first kappa shape index (κ1) is 20.1. The van der Waals surface area contributed by atoms with Gasteiger partial charge in [-0.3, -0.25) is 4.90 Å². The Morgan fingerprint density at radius 2 is 1.84 bits per heavy atom. The van der Waals surface area contributed by atoms with Crippen LogP contribution < -0.4 is 14.0 Å². The molecule has 2 aromatic heterocycles. The Morgan fingerprint density at radius 3 is 2.58 bits per heavy atom. The lowest BCUT2D eigenvalue weighted by atomic mass is 10.1. The summed E-state index contributed by atoms with van der Waals surface area (Å²) in [6.07, 6.45) is 2.24. The van der Waals surface area contributed by atoms with Crippen molar-refractivity contribution in [3.05, 3.63) is 54.7 Å². The van der Waals surface area contributed by atoms with E-state index in [1.807, 2.05) is 12.1 Å². The van der Waals surface area contributed by atoms with Crippen LogP contribution in [0, 0.1) is 0 Å². The van der Waals surface area contributed by atoms with Crippen LogP contribution in [0.1, 0.15) is 0 Å². The maximum atomic E-state index is 9.19. The van der Waals surface area contributed by atoms with E-state index in [4.69, 9.17) is 4.74 Å². The van der Waals surface area contributed by atoms with Crippen LogP contribution in [0.5, 0.6) is 5.75 Å². The van der Waals surface area contributed by atoms with E-state index in [9.17, 15) is 5.11 Å². The number of aromatic amines is 1. The molecule has 0 saturated carbocycles. The van der Waals surface area contributed by atoms with E-state index in [1.54, 1.807) is 7.11 Å². The smallest absolute Gasteiger partial charge is 0.368 e. The number of nitrogens with zero attached hydrogens (tertiary/aromatic N) is 3. The number of rotatable bonds is 7. The molecule has 0 atom stereocenters. The number of aliphatic hydroxyl groups excluding tert-OH is 1. The summed E-state index contributed by atoms with van der Waals surface area (Å²) in [5.41, 5.74) is 4.71. The number of ether oxygens (including phenoxy) is 1. The molecule has 0 radical (unpaired) electrons. The maximum absolute atomic E-state index is 9.19. The van der Waals surface area contributed by atoms with Crippen molar-refractivity contribution < 1.29 is 19.1 Å². The molecule has 1 fully saturated rings. The number of H-pyrrole nitrogens is 1. The minimum atomic E-state index is 0.277. The number of imidazole rings is 2. The van der Waals surface area contributed by atoms with Gasteiger partial charge in [0.25, 0.3) is 0 Å². The Morgan fingerprint density at radius 1 is 1.06 bits per heavy atom. The predicted molar refractivity (Wildman–Crippen MR) is 121 cm³/mol. The van der Waals surface area contributed by atoms with Crippen LogP contribution in [0.4, 0.5) is 0 Å². The quantitative estimate of drug-likeness (QED) is 0.383. The van der Waals surface area contributed by atoms with Gasteiger partial charge in [-0.15, -0.1) is 0 Å². The third-order valence-electron chi connectivity index (χ3n) is 6.49. The highest BCUT2D eigenvalue weighted by molar-refractivity contribution is 5.74. The first-order chi connectivity index (χ1) is 15.3. The molecule has 0 amide bonds. The van der Waals surface area contributed by atoms with Crippen molar-refractivity contribution in [2.75, 3.05) is 53.0 Å². The van der Waals surface area contributed by atoms with Crippen molar-refractivity contribution in [3.8, 4) is 17.0 Å². The van der Waals surface area contributed by atoms with Gasteiger partial charge in [-0.05, 0) is 36.4 Å². The lowest BCUT2D eigenvalue weighted by Crippen LogP contribution is -3.15. The first-order valence-corrected chi connectivity index (χ1v) is 11.1. The fourth-order valence-corrected chi connectivity index (χ4v) is 4.68. The largest absolute Gasteiger partial charge is 0.497 e. The van der Waals surface area contributed by atoms with Crippen molar-refractivity contribution >= 4 is 16.8 Å². The number of fused-ring (bicyclic) bond motifs is 3. The van der Waals surface area contributed by atoms with Gasteiger partial charge in [0.15, 0.2) is 0 Å². The molecule has 3 heterocycles. The van der Waals surface area contributed by atoms with Crippen LogP contribution in [0.15, 0.2) is 54.7 Å². The number of nitrogens with one attached hydrogen (secondary N) is 2. The van der Waals surface area contributed by atoms with Crippen LogP contribution in [-0.4, -0.2) is 72.5 Å². The summed E-state index contributed by atoms with van der Waals surface area (Å²) >= 11 is 0. The second-order valence-corrected chi connectivity index (χ2v) is 8.30. The highest BCUT2D eigenvalue weighted by Gasteiger charge is 2.24. The number of aliphatic hydroxyl groups is 1. The fraction of sp³-hybridized carbons (Fsp3) is 0.375. The van der Waals surface area contributed by atoms with Gasteiger partial charge in [0.2, 0.25) is 0 Å². The minimum Gasteiger partial charge on any atom is -0.497 e. The Hall–Kier alpha value is -2.87. The third-order valence-corrected chi connectivity index (χ3v) is 6.49. The van der Waals surface area contributed by atoms with E-state index < -0.39 is 0 Å². The monoisotopic (exact) mass is 421 g/mol. The standard InChI is InChI=1S/C24H29N5O2/c1-31-20-8-6-19(7-9-20)23-18-29-22-5-3-2-4-21(22)25-24(29)28(23)15-14-26-10-12-27(13-11-26)16-17-30/h2-9,18,30H,10-17H2,1H3/p+2. The SMILES string of the molecule is COc1ccc(-c2c[n+]3c4ccccc4[nH]c3n2CCN2CC[NH+](CCO)CC2)cc1. The zero-order valence-corrected chi connectivity index (χ0v) is 18.1. The Labute approximate surface area is 182 Å². The lowest BCUT2D eigenvalue weighted by molar-refractivity contribution is -0.904. The third kappa shape index (κ3) is 3.92. The van der Waals surface area contributed by atoms with Crippen LogP contribution in [-0.2, 0) is 6.54 Å². The fourth-order valence-electron chi connectivity index (χ4n) is 4.68. The highest BCUT2D eigenvalue weighted by atomic mass is 16.5. The van der Waals surface area contributed by atoms with Crippen LogP contribution in [0.25, 0.3) is 28.1 Å². The Balaban J connectivity index is 1.45. The van der Waals surface area contributed by atoms with Gasteiger partial charge in [-0.2, -0.15) is 4.40 Å². The van der Waals surface area contributed by atoms with Crippen molar-refractivity contribution in [1.82, 2.24) is 14.5 Å². The average molecular weight is 422 g/mol. The van der Waals surface area contributed by atoms with Crippen LogP contribution >= 0.6 is 0 Å². The molecule has 0 spiro atoms. The van der Waals surface area contributed by atoms with Gasteiger partial charge in [-0.1, -0.05) is 12.1 Å². The maximum Gasteiger partial charge on any atom is 0.368 e. The molecule has 0 aliphatic carbocycles. The molecule has 162 valence electrons. The number of benzene rings is 2. The van der Waals surface area contributed by atoms with Gasteiger partial charge in [0.05, 0.1) is 33.4 Å². The van der Waals surface area contributed by atoms with Crippen LogP contribution in [0.3, 0.4) is 0 Å². The molecule has 7 heteroatoms. The number of para-hydroxylation sites is 2. The van der Waals surface area contributed by atoms with E-state index in [2.05, 4.69) is 61.4 Å². The first-order valence-electron chi connectivity index (χ1n) is 11.1. The molecule has 0 unspecified atom stereocenters. The molecule has 1 aliphatic rings.